The van der Waals surface area contributed by atoms with Gasteiger partial charge in [-0.1, -0.05) is 31.5 Å². The van der Waals surface area contributed by atoms with Crippen molar-refractivity contribution in [1.29, 1.82) is 0 Å². The third kappa shape index (κ3) is 2.82. The van der Waals surface area contributed by atoms with Crippen molar-refractivity contribution in [1.82, 2.24) is 0 Å². The maximum Gasteiger partial charge on any atom is 0.164 e. The van der Waals surface area contributed by atoms with Crippen LogP contribution in [0, 0.1) is 5.92 Å². The Hall–Kier alpha value is -0.340. The van der Waals surface area contributed by atoms with Gasteiger partial charge in [-0.2, -0.15) is 0 Å². The molecule has 0 amide bonds. The van der Waals surface area contributed by atoms with Gasteiger partial charge >= 0.3 is 0 Å². The topological polar surface area (TPSA) is 17.1 Å². The van der Waals surface area contributed by atoms with Gasteiger partial charge in [-0.25, -0.2) is 0 Å². The van der Waals surface area contributed by atoms with E-state index < -0.39 is 0 Å². The van der Waals surface area contributed by atoms with Gasteiger partial charge in [-0.05, 0) is 34.0 Å². The van der Waals surface area contributed by atoms with Crippen LogP contribution in [0.4, 0.5) is 0 Å². The first-order valence-electron chi connectivity index (χ1n) is 4.49. The molecule has 0 aliphatic carbocycles. The van der Waals surface area contributed by atoms with Crippen molar-refractivity contribution in [2.45, 2.75) is 20.3 Å². The average molecular weight is 276 g/mol. The van der Waals surface area contributed by atoms with Crippen LogP contribution in [0.1, 0.15) is 30.6 Å². The third-order valence-electron chi connectivity index (χ3n) is 1.85. The zero-order chi connectivity index (χ0) is 10.7. The molecule has 14 heavy (non-hydrogen) atoms. The zero-order valence-corrected chi connectivity index (χ0v) is 10.5. The molecule has 0 bridgehead atoms. The van der Waals surface area contributed by atoms with E-state index in [0.717, 1.165) is 4.47 Å². The van der Waals surface area contributed by atoms with Crippen LogP contribution in [0.15, 0.2) is 22.7 Å². The van der Waals surface area contributed by atoms with Crippen molar-refractivity contribution in [3.8, 4) is 0 Å². The van der Waals surface area contributed by atoms with E-state index in [9.17, 15) is 4.79 Å². The van der Waals surface area contributed by atoms with Gasteiger partial charge in [0.2, 0.25) is 0 Å². The minimum Gasteiger partial charge on any atom is -0.294 e. The second kappa shape index (κ2) is 4.94. The number of halogens is 2. The quantitative estimate of drug-likeness (QED) is 0.750. The summed E-state index contributed by atoms with van der Waals surface area (Å²) in [5.74, 6) is 0.462. The summed E-state index contributed by atoms with van der Waals surface area (Å²) in [4.78, 5) is 11.7. The first-order chi connectivity index (χ1) is 6.52. The molecule has 1 aromatic rings. The normalized spacial score (nSPS) is 10.6. The highest BCUT2D eigenvalue weighted by Gasteiger charge is 2.13. The molecule has 0 radical (unpaired) electrons. The van der Waals surface area contributed by atoms with E-state index in [1.54, 1.807) is 6.07 Å². The van der Waals surface area contributed by atoms with Gasteiger partial charge in [0.05, 0.1) is 5.02 Å². The van der Waals surface area contributed by atoms with Crippen LogP contribution in [-0.2, 0) is 0 Å². The molecule has 0 spiro atoms. The average Bonchev–Trinajstić information content (AvgIpc) is 2.08. The van der Waals surface area contributed by atoms with E-state index in [0.29, 0.717) is 22.9 Å². The van der Waals surface area contributed by atoms with Crippen LogP contribution in [0.2, 0.25) is 5.02 Å². The fourth-order valence-electron chi connectivity index (χ4n) is 1.20. The Bertz CT molecular complexity index is 347. The highest BCUT2D eigenvalue weighted by atomic mass is 79.9. The minimum absolute atomic E-state index is 0.103. The number of hydrogen-bond donors (Lipinski definition) is 0. The van der Waals surface area contributed by atoms with Crippen LogP contribution in [0.5, 0.6) is 0 Å². The molecule has 0 N–H and O–H groups in total. The summed E-state index contributed by atoms with van der Waals surface area (Å²) < 4.78 is 0.772. The number of ketones is 1. The predicted octanol–water partition coefficient (Wildman–Crippen LogP) is 4.33. The monoisotopic (exact) mass is 274 g/mol. The molecule has 1 rings (SSSR count). The Labute approximate surface area is 97.6 Å². The van der Waals surface area contributed by atoms with Crippen molar-refractivity contribution in [3.63, 3.8) is 0 Å². The Morgan fingerprint density at radius 1 is 1.50 bits per heavy atom. The summed E-state index contributed by atoms with van der Waals surface area (Å²) in [6.07, 6.45) is 0.538. The largest absolute Gasteiger partial charge is 0.294 e. The first-order valence-corrected chi connectivity index (χ1v) is 5.66. The summed E-state index contributed by atoms with van der Waals surface area (Å²) in [7, 11) is 0. The summed E-state index contributed by atoms with van der Waals surface area (Å²) in [6, 6.07) is 5.41. The highest BCUT2D eigenvalue weighted by Crippen LogP contribution is 2.27. The maximum absolute atomic E-state index is 11.7. The fraction of sp³-hybridized carbons (Fsp3) is 0.364. The zero-order valence-electron chi connectivity index (χ0n) is 8.18. The van der Waals surface area contributed by atoms with Gasteiger partial charge in [0.25, 0.3) is 0 Å². The third-order valence-corrected chi connectivity index (χ3v) is 3.14. The van der Waals surface area contributed by atoms with Crippen LogP contribution in [-0.4, -0.2) is 5.78 Å². The molecule has 76 valence electrons. The van der Waals surface area contributed by atoms with E-state index in [1.807, 2.05) is 26.0 Å². The van der Waals surface area contributed by atoms with Crippen LogP contribution >= 0.6 is 27.5 Å². The molecule has 0 fully saturated rings. The van der Waals surface area contributed by atoms with Crippen molar-refractivity contribution >= 4 is 33.3 Å². The lowest BCUT2D eigenvalue weighted by Crippen LogP contribution is -2.04. The van der Waals surface area contributed by atoms with Crippen molar-refractivity contribution in [2.75, 3.05) is 0 Å². The SMILES string of the molecule is CC(C)CC(=O)c1cccc(Br)c1Cl. The Morgan fingerprint density at radius 2 is 2.14 bits per heavy atom. The second-order valence-corrected chi connectivity index (χ2v) is 4.85. The minimum atomic E-state index is 0.103. The standard InChI is InChI=1S/C11H12BrClO/c1-7(2)6-10(14)8-4-3-5-9(12)11(8)13/h3-5,7H,6H2,1-2H3. The lowest BCUT2D eigenvalue weighted by atomic mass is 10.0. The van der Waals surface area contributed by atoms with E-state index >= 15 is 0 Å². The number of Topliss-reactive ketones (excluding diaryl/α,β-unsaturated/α-hetero) is 1. The number of carbonyl (C=O) groups excluding carboxylic acids is 1. The van der Waals surface area contributed by atoms with E-state index in [1.165, 1.54) is 0 Å². The molecule has 0 unspecified atom stereocenters. The molecule has 0 atom stereocenters. The highest BCUT2D eigenvalue weighted by molar-refractivity contribution is 9.10. The molecule has 0 aliphatic rings. The molecule has 0 saturated heterocycles. The first kappa shape index (κ1) is 11.7. The number of benzene rings is 1. The lowest BCUT2D eigenvalue weighted by Gasteiger charge is -2.06. The summed E-state index contributed by atoms with van der Waals surface area (Å²) in [6.45, 7) is 4.04. The van der Waals surface area contributed by atoms with Crippen LogP contribution in [0.3, 0.4) is 0 Å². The summed E-state index contributed by atoms with van der Waals surface area (Å²) in [5, 5.41) is 0.512. The summed E-state index contributed by atoms with van der Waals surface area (Å²) in [5.41, 5.74) is 0.606. The van der Waals surface area contributed by atoms with Crippen LogP contribution < -0.4 is 0 Å². The lowest BCUT2D eigenvalue weighted by molar-refractivity contribution is 0.0968. The van der Waals surface area contributed by atoms with Gasteiger partial charge in [0.15, 0.2) is 5.78 Å². The van der Waals surface area contributed by atoms with E-state index in [-0.39, 0.29) is 5.78 Å². The van der Waals surface area contributed by atoms with Gasteiger partial charge in [0, 0.05) is 16.5 Å². The molecule has 0 aromatic heterocycles. The molecule has 1 aromatic carbocycles. The molecular weight excluding hydrogens is 263 g/mol. The van der Waals surface area contributed by atoms with Crippen LogP contribution in [0.25, 0.3) is 0 Å². The van der Waals surface area contributed by atoms with E-state index in [2.05, 4.69) is 15.9 Å². The van der Waals surface area contributed by atoms with Gasteiger partial charge in [-0.3, -0.25) is 4.79 Å². The smallest absolute Gasteiger partial charge is 0.164 e. The van der Waals surface area contributed by atoms with Crippen molar-refractivity contribution in [3.05, 3.63) is 33.3 Å². The maximum atomic E-state index is 11.7. The fourth-order valence-corrected chi connectivity index (χ4v) is 1.80. The van der Waals surface area contributed by atoms with Gasteiger partial charge < -0.3 is 0 Å². The number of hydrogen-bond acceptors (Lipinski definition) is 1. The predicted molar refractivity (Wildman–Crippen MR) is 62.9 cm³/mol. The Morgan fingerprint density at radius 3 is 2.71 bits per heavy atom. The Balaban J connectivity index is 2.96. The second-order valence-electron chi connectivity index (χ2n) is 3.62. The van der Waals surface area contributed by atoms with Crippen molar-refractivity contribution in [2.24, 2.45) is 5.92 Å². The summed E-state index contributed by atoms with van der Waals surface area (Å²) >= 11 is 9.30. The molecule has 1 nitrogen and oxygen atoms in total. The van der Waals surface area contributed by atoms with Gasteiger partial charge in [-0.15, -0.1) is 0 Å². The molecule has 0 heterocycles. The molecular formula is C11H12BrClO. The molecule has 0 saturated carbocycles. The van der Waals surface area contributed by atoms with E-state index in [4.69, 9.17) is 11.6 Å². The number of carbonyl (C=O) groups is 1. The van der Waals surface area contributed by atoms with Crippen molar-refractivity contribution < 1.29 is 4.79 Å². The van der Waals surface area contributed by atoms with Gasteiger partial charge in [0.1, 0.15) is 0 Å². The number of rotatable bonds is 3. The Kier molecular flexibility index (Phi) is 4.14. The molecule has 0 aliphatic heterocycles. The molecule has 3 heteroatoms.